The maximum atomic E-state index is 13.3. The zero-order chi connectivity index (χ0) is 19.4. The number of aromatic nitrogens is 1. The van der Waals surface area contributed by atoms with E-state index in [2.05, 4.69) is 10.3 Å². The Morgan fingerprint density at radius 2 is 1.93 bits per heavy atom. The molecule has 5 nitrogen and oxygen atoms in total. The van der Waals surface area contributed by atoms with Gasteiger partial charge in [0.15, 0.2) is 0 Å². The molecule has 2 N–H and O–H groups in total. The minimum absolute atomic E-state index is 0.0534. The highest BCUT2D eigenvalue weighted by Crippen LogP contribution is 2.30. The third-order valence-electron chi connectivity index (χ3n) is 5.35. The lowest BCUT2D eigenvalue weighted by atomic mass is 9.79. The first-order valence-electron chi connectivity index (χ1n) is 9.19. The van der Waals surface area contributed by atoms with Gasteiger partial charge in [0.25, 0.3) is 5.91 Å². The molecule has 1 atom stereocenters. The van der Waals surface area contributed by atoms with E-state index in [4.69, 9.17) is 5.11 Å². The molecule has 0 radical (unpaired) electrons. The smallest absolute Gasteiger partial charge is 0.306 e. The quantitative estimate of drug-likeness (QED) is 0.837. The molecule has 3 rings (SSSR count). The Bertz CT molecular complexity index is 814. The summed E-state index contributed by atoms with van der Waals surface area (Å²) in [7, 11) is 0. The average molecular weight is 370 g/mol. The summed E-state index contributed by atoms with van der Waals surface area (Å²) in [5, 5.41) is 12.1. The van der Waals surface area contributed by atoms with Gasteiger partial charge in [-0.25, -0.2) is 4.39 Å². The van der Waals surface area contributed by atoms with Crippen molar-refractivity contribution in [1.29, 1.82) is 0 Å². The van der Waals surface area contributed by atoms with Gasteiger partial charge < -0.3 is 10.4 Å². The molecule has 1 heterocycles. The molecule has 0 spiro atoms. The second-order valence-corrected chi connectivity index (χ2v) is 7.15. The monoisotopic (exact) mass is 370 g/mol. The predicted molar refractivity (Wildman–Crippen MR) is 99.6 cm³/mol. The lowest BCUT2D eigenvalue weighted by molar-refractivity contribution is -0.143. The highest BCUT2D eigenvalue weighted by atomic mass is 19.1. The van der Waals surface area contributed by atoms with Crippen molar-refractivity contribution >= 4 is 11.9 Å². The van der Waals surface area contributed by atoms with E-state index in [1.54, 1.807) is 31.2 Å². The number of nitrogens with zero attached hydrogens (tertiary/aromatic N) is 1. The number of pyridine rings is 1. The summed E-state index contributed by atoms with van der Waals surface area (Å²) in [6, 6.07) is 9.60. The van der Waals surface area contributed by atoms with E-state index in [0.29, 0.717) is 16.8 Å². The Morgan fingerprint density at radius 3 is 2.52 bits per heavy atom. The van der Waals surface area contributed by atoms with Gasteiger partial charge in [-0.3, -0.25) is 14.6 Å². The molecule has 0 aliphatic heterocycles. The van der Waals surface area contributed by atoms with Crippen molar-refractivity contribution in [2.24, 2.45) is 11.8 Å². The molecule has 1 aliphatic carbocycles. The van der Waals surface area contributed by atoms with E-state index in [-0.39, 0.29) is 29.6 Å². The zero-order valence-electron chi connectivity index (χ0n) is 15.2. The number of nitrogens with one attached hydrogen (secondary N) is 1. The van der Waals surface area contributed by atoms with Crippen LogP contribution in [0.2, 0.25) is 0 Å². The number of amides is 1. The van der Waals surface area contributed by atoms with Crippen LogP contribution in [0.5, 0.6) is 0 Å². The second kappa shape index (κ2) is 8.29. The van der Waals surface area contributed by atoms with Crippen LogP contribution in [0, 0.1) is 17.7 Å². The number of carbonyl (C=O) groups is 2. The van der Waals surface area contributed by atoms with Crippen LogP contribution < -0.4 is 5.32 Å². The fraction of sp³-hybridized carbons (Fsp3) is 0.381. The number of hydrogen-bond donors (Lipinski definition) is 2. The van der Waals surface area contributed by atoms with E-state index in [9.17, 15) is 14.0 Å². The molecule has 1 amide bonds. The second-order valence-electron chi connectivity index (χ2n) is 7.15. The van der Waals surface area contributed by atoms with Gasteiger partial charge in [0, 0.05) is 17.8 Å². The molecule has 1 fully saturated rings. The Hall–Kier alpha value is -2.76. The van der Waals surface area contributed by atoms with Crippen LogP contribution >= 0.6 is 0 Å². The maximum Gasteiger partial charge on any atom is 0.306 e. The maximum absolute atomic E-state index is 13.3. The van der Waals surface area contributed by atoms with Crippen LogP contribution in [0.4, 0.5) is 4.39 Å². The van der Waals surface area contributed by atoms with Crippen LogP contribution in [0.15, 0.2) is 42.6 Å². The van der Waals surface area contributed by atoms with E-state index < -0.39 is 5.97 Å². The Morgan fingerprint density at radius 1 is 1.19 bits per heavy atom. The summed E-state index contributed by atoms with van der Waals surface area (Å²) >= 11 is 0. The molecular weight excluding hydrogens is 347 g/mol. The number of carbonyl (C=O) groups excluding carboxylic acids is 1. The summed E-state index contributed by atoms with van der Waals surface area (Å²) in [6.45, 7) is 1.75. The largest absolute Gasteiger partial charge is 0.481 e. The summed E-state index contributed by atoms with van der Waals surface area (Å²) in [5.74, 6) is -1.46. The highest BCUT2D eigenvalue weighted by Gasteiger charge is 2.29. The van der Waals surface area contributed by atoms with E-state index in [1.807, 2.05) is 0 Å². The average Bonchev–Trinajstić information content (AvgIpc) is 2.68. The van der Waals surface area contributed by atoms with Crippen molar-refractivity contribution in [1.82, 2.24) is 10.3 Å². The number of benzene rings is 1. The Balaban J connectivity index is 1.57. The van der Waals surface area contributed by atoms with Crippen LogP contribution in [0.1, 0.15) is 43.0 Å². The van der Waals surface area contributed by atoms with Gasteiger partial charge in [-0.15, -0.1) is 0 Å². The van der Waals surface area contributed by atoms with Crippen LogP contribution in [0.3, 0.4) is 0 Å². The van der Waals surface area contributed by atoms with E-state index in [0.717, 1.165) is 25.7 Å². The number of rotatable bonds is 5. The molecule has 1 unspecified atom stereocenters. The molecule has 1 aliphatic rings. The van der Waals surface area contributed by atoms with E-state index >= 15 is 0 Å². The van der Waals surface area contributed by atoms with Gasteiger partial charge in [0.05, 0.1) is 17.2 Å². The fourth-order valence-corrected chi connectivity index (χ4v) is 3.58. The standard InChI is InChI=1S/C21H23FN2O3/c1-13(21(26)27)14-5-8-18(9-6-14)24-20(25)16-7-10-19(23-12-16)15-3-2-4-17(22)11-15/h2-4,7,10-14,18H,5-6,8-9H2,1H3,(H,24,25)(H,26,27)/t13?,14-,18+. The van der Waals surface area contributed by atoms with Gasteiger partial charge in [-0.05, 0) is 55.9 Å². The lowest BCUT2D eigenvalue weighted by Crippen LogP contribution is -2.39. The highest BCUT2D eigenvalue weighted by molar-refractivity contribution is 5.94. The number of hydrogen-bond acceptors (Lipinski definition) is 3. The van der Waals surface area contributed by atoms with Gasteiger partial charge in [-0.1, -0.05) is 19.1 Å². The van der Waals surface area contributed by atoms with Crippen LogP contribution in [-0.4, -0.2) is 28.0 Å². The lowest BCUT2D eigenvalue weighted by Gasteiger charge is -2.31. The summed E-state index contributed by atoms with van der Waals surface area (Å²) < 4.78 is 13.3. The molecule has 0 saturated heterocycles. The normalized spacial score (nSPS) is 20.7. The number of carboxylic acid groups (broad SMARTS) is 1. The first-order valence-corrected chi connectivity index (χ1v) is 9.19. The number of aliphatic carboxylic acids is 1. The Kier molecular flexibility index (Phi) is 5.84. The van der Waals surface area contributed by atoms with Crippen molar-refractivity contribution in [2.45, 2.75) is 38.6 Å². The topological polar surface area (TPSA) is 79.3 Å². The number of halogens is 1. The van der Waals surface area contributed by atoms with Crippen molar-refractivity contribution in [2.75, 3.05) is 0 Å². The third kappa shape index (κ3) is 4.70. The minimum Gasteiger partial charge on any atom is -0.481 e. The summed E-state index contributed by atoms with van der Waals surface area (Å²) in [6.07, 6.45) is 4.66. The van der Waals surface area contributed by atoms with Crippen LogP contribution in [-0.2, 0) is 4.79 Å². The first-order chi connectivity index (χ1) is 12.9. The summed E-state index contributed by atoms with van der Waals surface area (Å²) in [4.78, 5) is 27.8. The SMILES string of the molecule is CC(C(=O)O)[C@H]1CC[C@@H](NC(=O)c2ccc(-c3cccc(F)c3)nc2)CC1. The van der Waals surface area contributed by atoms with Crippen molar-refractivity contribution in [3.8, 4) is 11.3 Å². The summed E-state index contributed by atoms with van der Waals surface area (Å²) in [5.41, 5.74) is 1.72. The molecule has 0 bridgehead atoms. The van der Waals surface area contributed by atoms with Crippen molar-refractivity contribution in [3.05, 3.63) is 54.0 Å². The molecule has 27 heavy (non-hydrogen) atoms. The minimum atomic E-state index is -0.757. The molecule has 1 aromatic heterocycles. The van der Waals surface area contributed by atoms with E-state index in [1.165, 1.54) is 18.3 Å². The van der Waals surface area contributed by atoms with Gasteiger partial charge in [0.1, 0.15) is 5.82 Å². The first kappa shape index (κ1) is 19.0. The van der Waals surface area contributed by atoms with Crippen molar-refractivity contribution in [3.63, 3.8) is 0 Å². The molecule has 1 saturated carbocycles. The molecule has 1 aromatic carbocycles. The molecular formula is C21H23FN2O3. The third-order valence-corrected chi connectivity index (χ3v) is 5.35. The number of carboxylic acids is 1. The molecule has 2 aromatic rings. The fourth-order valence-electron chi connectivity index (χ4n) is 3.58. The van der Waals surface area contributed by atoms with Gasteiger partial charge in [0.2, 0.25) is 0 Å². The zero-order valence-corrected chi connectivity index (χ0v) is 15.2. The van der Waals surface area contributed by atoms with Gasteiger partial charge >= 0.3 is 5.97 Å². The molecule has 142 valence electrons. The predicted octanol–water partition coefficient (Wildman–Crippen LogP) is 3.90. The molecule has 6 heteroatoms. The Labute approximate surface area is 157 Å². The van der Waals surface area contributed by atoms with Crippen molar-refractivity contribution < 1.29 is 19.1 Å². The van der Waals surface area contributed by atoms with Gasteiger partial charge in [-0.2, -0.15) is 0 Å². The van der Waals surface area contributed by atoms with Crippen LogP contribution in [0.25, 0.3) is 11.3 Å².